The maximum atomic E-state index is 13.5. The van der Waals surface area contributed by atoms with Crippen LogP contribution in [0.5, 0.6) is 5.88 Å². The number of nitrogens with zero attached hydrogens (tertiary/aromatic N) is 1. The van der Waals surface area contributed by atoms with Gasteiger partial charge in [0.2, 0.25) is 0 Å². The number of ether oxygens (including phenoxy) is 2. The van der Waals surface area contributed by atoms with Crippen LogP contribution < -0.4 is 4.74 Å². The molecule has 1 aromatic heterocycles. The van der Waals surface area contributed by atoms with Crippen LogP contribution in [0.3, 0.4) is 0 Å². The first-order chi connectivity index (χ1) is 8.19. The largest absolute Gasteiger partial charge is 0.472 e. The van der Waals surface area contributed by atoms with Crippen LogP contribution in [0.1, 0.15) is 25.7 Å². The van der Waals surface area contributed by atoms with Crippen molar-refractivity contribution in [3.8, 4) is 5.88 Å². The van der Waals surface area contributed by atoms with Crippen molar-refractivity contribution in [1.82, 2.24) is 4.98 Å². The summed E-state index contributed by atoms with van der Waals surface area (Å²) in [6, 6.07) is 1.21. The van der Waals surface area contributed by atoms with Crippen LogP contribution in [0.15, 0.2) is 12.3 Å². The second kappa shape index (κ2) is 5.65. The van der Waals surface area contributed by atoms with E-state index in [2.05, 4.69) is 4.98 Å². The highest BCUT2D eigenvalue weighted by Crippen LogP contribution is 2.26. The molecule has 1 aromatic rings. The van der Waals surface area contributed by atoms with Crippen LogP contribution in [-0.4, -0.2) is 24.3 Å². The van der Waals surface area contributed by atoms with E-state index in [1.54, 1.807) is 7.11 Å². The van der Waals surface area contributed by atoms with Gasteiger partial charge >= 0.3 is 0 Å². The Kier molecular flexibility index (Phi) is 4.18. The number of pyridine rings is 1. The molecular weight excluding hydrogens is 245 g/mol. The van der Waals surface area contributed by atoms with Gasteiger partial charge in [0.15, 0.2) is 5.82 Å². The van der Waals surface area contributed by atoms with E-state index in [-0.39, 0.29) is 23.1 Å². The van der Waals surface area contributed by atoms with E-state index >= 15 is 0 Å². The fraction of sp³-hybridized carbons (Fsp3) is 0.583. The maximum Gasteiger partial charge on any atom is 0.250 e. The number of aromatic nitrogens is 1. The second-order valence-electron chi connectivity index (χ2n) is 4.20. The Bertz CT molecular complexity index is 389. The summed E-state index contributed by atoms with van der Waals surface area (Å²) >= 11 is 5.63. The van der Waals surface area contributed by atoms with Gasteiger partial charge in [-0.1, -0.05) is 11.6 Å². The molecule has 0 aromatic carbocycles. The second-order valence-corrected chi connectivity index (χ2v) is 4.64. The summed E-state index contributed by atoms with van der Waals surface area (Å²) in [5.41, 5.74) is 0. The van der Waals surface area contributed by atoms with Gasteiger partial charge in [-0.2, -0.15) is 0 Å². The molecule has 2 rings (SSSR count). The molecule has 0 spiro atoms. The van der Waals surface area contributed by atoms with Crippen LogP contribution in [0, 0.1) is 5.82 Å². The average molecular weight is 260 g/mol. The molecule has 5 heteroatoms. The topological polar surface area (TPSA) is 31.4 Å². The molecule has 0 saturated heterocycles. The molecule has 0 aliphatic heterocycles. The summed E-state index contributed by atoms with van der Waals surface area (Å²) in [7, 11) is 1.69. The van der Waals surface area contributed by atoms with Crippen LogP contribution in [0.4, 0.5) is 4.39 Å². The SMILES string of the molecule is COC1CCCC(Oc2ncc(Cl)cc2F)C1. The van der Waals surface area contributed by atoms with E-state index in [0.717, 1.165) is 25.7 Å². The lowest BCUT2D eigenvalue weighted by atomic mass is 9.95. The number of rotatable bonds is 3. The van der Waals surface area contributed by atoms with Gasteiger partial charge in [-0.25, -0.2) is 9.37 Å². The zero-order valence-electron chi connectivity index (χ0n) is 9.66. The predicted octanol–water partition coefficient (Wildman–Crippen LogP) is 3.21. The maximum absolute atomic E-state index is 13.5. The lowest BCUT2D eigenvalue weighted by Crippen LogP contribution is -2.29. The van der Waals surface area contributed by atoms with E-state index in [0.29, 0.717) is 0 Å². The fourth-order valence-corrected chi connectivity index (χ4v) is 2.21. The van der Waals surface area contributed by atoms with Crippen LogP contribution in [-0.2, 0) is 4.74 Å². The number of halogens is 2. The Labute approximate surface area is 105 Å². The van der Waals surface area contributed by atoms with Gasteiger partial charge < -0.3 is 9.47 Å². The molecular formula is C12H15ClFNO2. The van der Waals surface area contributed by atoms with Gasteiger partial charge in [0, 0.05) is 19.7 Å². The molecule has 3 nitrogen and oxygen atoms in total. The van der Waals surface area contributed by atoms with E-state index in [1.807, 2.05) is 0 Å². The van der Waals surface area contributed by atoms with Crippen molar-refractivity contribution < 1.29 is 13.9 Å². The fourth-order valence-electron chi connectivity index (χ4n) is 2.07. The quantitative estimate of drug-likeness (QED) is 0.835. The van der Waals surface area contributed by atoms with Gasteiger partial charge in [0.25, 0.3) is 5.88 Å². The third-order valence-corrected chi connectivity index (χ3v) is 3.17. The monoisotopic (exact) mass is 259 g/mol. The highest BCUT2D eigenvalue weighted by molar-refractivity contribution is 6.30. The smallest absolute Gasteiger partial charge is 0.250 e. The number of methoxy groups -OCH3 is 1. The molecule has 94 valence electrons. The van der Waals surface area contributed by atoms with Crippen LogP contribution in [0.2, 0.25) is 5.02 Å². The Morgan fingerprint density at radius 3 is 2.88 bits per heavy atom. The third kappa shape index (κ3) is 3.30. The van der Waals surface area contributed by atoms with Crippen molar-refractivity contribution in [2.75, 3.05) is 7.11 Å². The van der Waals surface area contributed by atoms with E-state index < -0.39 is 5.82 Å². The summed E-state index contributed by atoms with van der Waals surface area (Å²) < 4.78 is 24.3. The van der Waals surface area contributed by atoms with Crippen molar-refractivity contribution >= 4 is 11.6 Å². The molecule has 1 aliphatic rings. The summed E-state index contributed by atoms with van der Waals surface area (Å²) in [4.78, 5) is 3.85. The molecule has 2 unspecified atom stereocenters. The summed E-state index contributed by atoms with van der Waals surface area (Å²) in [5, 5.41) is 0.272. The number of hydrogen-bond acceptors (Lipinski definition) is 3. The molecule has 2 atom stereocenters. The first-order valence-electron chi connectivity index (χ1n) is 5.69. The number of hydrogen-bond donors (Lipinski definition) is 0. The van der Waals surface area contributed by atoms with E-state index in [1.165, 1.54) is 12.3 Å². The van der Waals surface area contributed by atoms with Gasteiger partial charge in [0.1, 0.15) is 6.10 Å². The lowest BCUT2D eigenvalue weighted by molar-refractivity contribution is 0.0181. The van der Waals surface area contributed by atoms with Crippen LogP contribution >= 0.6 is 11.6 Å². The molecule has 0 N–H and O–H groups in total. The van der Waals surface area contributed by atoms with E-state index in [9.17, 15) is 4.39 Å². The molecule has 0 bridgehead atoms. The molecule has 1 heterocycles. The summed E-state index contributed by atoms with van der Waals surface area (Å²) in [6.45, 7) is 0. The summed E-state index contributed by atoms with van der Waals surface area (Å²) in [6.07, 6.45) is 5.30. The third-order valence-electron chi connectivity index (χ3n) is 2.96. The van der Waals surface area contributed by atoms with Crippen LogP contribution in [0.25, 0.3) is 0 Å². The highest BCUT2D eigenvalue weighted by Gasteiger charge is 2.24. The molecule has 17 heavy (non-hydrogen) atoms. The van der Waals surface area contributed by atoms with Gasteiger partial charge in [0.05, 0.1) is 11.1 Å². The first kappa shape index (κ1) is 12.6. The van der Waals surface area contributed by atoms with Crippen molar-refractivity contribution in [3.05, 3.63) is 23.1 Å². The molecule has 1 saturated carbocycles. The Hall–Kier alpha value is -0.870. The van der Waals surface area contributed by atoms with Crippen molar-refractivity contribution in [2.45, 2.75) is 37.9 Å². The molecule has 0 radical (unpaired) electrons. The Morgan fingerprint density at radius 1 is 1.41 bits per heavy atom. The minimum Gasteiger partial charge on any atom is -0.472 e. The highest BCUT2D eigenvalue weighted by atomic mass is 35.5. The normalized spacial score (nSPS) is 24.6. The summed E-state index contributed by atoms with van der Waals surface area (Å²) in [5.74, 6) is -0.492. The standard InChI is InChI=1S/C12H15ClFNO2/c1-16-9-3-2-4-10(6-9)17-12-11(14)5-8(13)7-15-12/h5,7,9-10H,2-4,6H2,1H3. The van der Waals surface area contributed by atoms with Crippen molar-refractivity contribution in [1.29, 1.82) is 0 Å². The predicted molar refractivity (Wildman–Crippen MR) is 62.9 cm³/mol. The molecule has 0 amide bonds. The lowest BCUT2D eigenvalue weighted by Gasteiger charge is -2.28. The molecule has 1 aliphatic carbocycles. The van der Waals surface area contributed by atoms with Crippen molar-refractivity contribution in [2.24, 2.45) is 0 Å². The average Bonchev–Trinajstić information content (AvgIpc) is 2.33. The van der Waals surface area contributed by atoms with Crippen molar-refractivity contribution in [3.63, 3.8) is 0 Å². The zero-order valence-corrected chi connectivity index (χ0v) is 10.4. The van der Waals surface area contributed by atoms with E-state index in [4.69, 9.17) is 21.1 Å². The minimum absolute atomic E-state index is 0.0242. The van der Waals surface area contributed by atoms with Gasteiger partial charge in [-0.15, -0.1) is 0 Å². The Balaban J connectivity index is 2.00. The van der Waals surface area contributed by atoms with Gasteiger partial charge in [-0.3, -0.25) is 0 Å². The minimum atomic E-state index is -0.517. The zero-order chi connectivity index (χ0) is 12.3. The van der Waals surface area contributed by atoms with Gasteiger partial charge in [-0.05, 0) is 25.3 Å². The first-order valence-corrected chi connectivity index (χ1v) is 6.07. The Morgan fingerprint density at radius 2 is 2.18 bits per heavy atom. The molecule has 1 fully saturated rings.